The minimum absolute atomic E-state index is 0.496. The fourth-order valence-electron chi connectivity index (χ4n) is 2.84. The third-order valence-electron chi connectivity index (χ3n) is 4.07. The number of H-pyrrole nitrogens is 1. The summed E-state index contributed by atoms with van der Waals surface area (Å²) in [6.07, 6.45) is 0.926. The van der Waals surface area contributed by atoms with Crippen LogP contribution in [-0.2, 0) is 6.42 Å². The summed E-state index contributed by atoms with van der Waals surface area (Å²) in [5.74, 6) is 2.64. The van der Waals surface area contributed by atoms with E-state index in [9.17, 15) is 0 Å². The van der Waals surface area contributed by atoms with Crippen molar-refractivity contribution in [1.82, 2.24) is 25.1 Å². The number of para-hydroxylation sites is 1. The molecule has 0 radical (unpaired) electrons. The molecule has 0 aliphatic rings. The number of hydrogen-bond donors (Lipinski definition) is 2. The molecular formula is C19H18N6. The summed E-state index contributed by atoms with van der Waals surface area (Å²) in [5, 5.41) is 11.1. The third kappa shape index (κ3) is 2.94. The summed E-state index contributed by atoms with van der Waals surface area (Å²) in [6.45, 7) is 3.99. The Morgan fingerprint density at radius 2 is 1.76 bits per heavy atom. The second-order valence-electron chi connectivity index (χ2n) is 5.79. The molecule has 0 saturated heterocycles. The highest BCUT2D eigenvalue weighted by Gasteiger charge is 2.13. The second kappa shape index (κ2) is 6.32. The van der Waals surface area contributed by atoms with Crippen molar-refractivity contribution in [2.24, 2.45) is 0 Å². The van der Waals surface area contributed by atoms with E-state index in [1.54, 1.807) is 0 Å². The molecule has 2 aromatic heterocycles. The number of aromatic nitrogens is 5. The van der Waals surface area contributed by atoms with Gasteiger partial charge in [-0.1, -0.05) is 43.3 Å². The molecule has 0 aliphatic carbocycles. The Hall–Kier alpha value is -3.28. The highest BCUT2D eigenvalue weighted by atomic mass is 15.3. The molecule has 0 aliphatic heterocycles. The average molecular weight is 330 g/mol. The Morgan fingerprint density at radius 3 is 2.56 bits per heavy atom. The van der Waals surface area contributed by atoms with Crippen LogP contribution in [-0.4, -0.2) is 25.1 Å². The number of aromatic amines is 1. The zero-order chi connectivity index (χ0) is 17.2. The highest BCUT2D eigenvalue weighted by molar-refractivity contribution is 5.91. The van der Waals surface area contributed by atoms with Gasteiger partial charge in [0, 0.05) is 10.9 Å². The molecule has 4 rings (SSSR count). The average Bonchev–Trinajstić information content (AvgIpc) is 3.06. The molecule has 0 unspecified atom stereocenters. The lowest BCUT2D eigenvalue weighted by Crippen LogP contribution is -2.01. The fraction of sp³-hybridized carbons (Fsp3) is 0.158. The van der Waals surface area contributed by atoms with Gasteiger partial charge in [-0.2, -0.15) is 4.98 Å². The van der Waals surface area contributed by atoms with E-state index in [-0.39, 0.29) is 0 Å². The van der Waals surface area contributed by atoms with Gasteiger partial charge in [0.2, 0.25) is 5.95 Å². The minimum atomic E-state index is 0.496. The number of anilines is 2. The van der Waals surface area contributed by atoms with Gasteiger partial charge >= 0.3 is 0 Å². The molecule has 0 bridgehead atoms. The maximum absolute atomic E-state index is 4.77. The maximum Gasteiger partial charge on any atom is 0.247 e. The Morgan fingerprint density at radius 1 is 0.960 bits per heavy atom. The van der Waals surface area contributed by atoms with Gasteiger partial charge in [-0.15, -0.1) is 5.10 Å². The van der Waals surface area contributed by atoms with E-state index in [4.69, 9.17) is 9.97 Å². The van der Waals surface area contributed by atoms with Crippen LogP contribution in [0.4, 0.5) is 11.8 Å². The number of nitrogens with zero attached hydrogens (tertiary/aromatic N) is 4. The molecule has 0 fully saturated rings. The van der Waals surface area contributed by atoms with Crippen LogP contribution in [0.1, 0.15) is 18.3 Å². The van der Waals surface area contributed by atoms with Crippen molar-refractivity contribution in [3.05, 3.63) is 59.9 Å². The number of nitrogens with one attached hydrogen (secondary N) is 2. The Balaban J connectivity index is 1.89. The largest absolute Gasteiger partial charge is 0.307 e. The Bertz CT molecular complexity index is 1040. The zero-order valence-electron chi connectivity index (χ0n) is 14.1. The van der Waals surface area contributed by atoms with Crippen molar-refractivity contribution in [1.29, 1.82) is 0 Å². The first-order valence-corrected chi connectivity index (χ1v) is 8.25. The van der Waals surface area contributed by atoms with Crippen LogP contribution >= 0.6 is 0 Å². The number of rotatable bonds is 4. The van der Waals surface area contributed by atoms with Crippen LogP contribution in [0, 0.1) is 6.92 Å². The SMILES string of the molecule is CCc1ccccc1-c1nc(Nc2n[nH]c(C)n2)c2ccccc2n1. The van der Waals surface area contributed by atoms with E-state index in [0.717, 1.165) is 28.7 Å². The molecule has 0 spiro atoms. The molecule has 6 nitrogen and oxygen atoms in total. The first-order valence-electron chi connectivity index (χ1n) is 8.25. The van der Waals surface area contributed by atoms with E-state index in [0.29, 0.717) is 17.6 Å². The maximum atomic E-state index is 4.77. The molecule has 0 saturated carbocycles. The first kappa shape index (κ1) is 15.3. The van der Waals surface area contributed by atoms with E-state index in [1.165, 1.54) is 5.56 Å². The topological polar surface area (TPSA) is 79.4 Å². The second-order valence-corrected chi connectivity index (χ2v) is 5.79. The lowest BCUT2D eigenvalue weighted by Gasteiger charge is -2.11. The van der Waals surface area contributed by atoms with E-state index in [1.807, 2.05) is 43.3 Å². The molecule has 25 heavy (non-hydrogen) atoms. The van der Waals surface area contributed by atoms with E-state index >= 15 is 0 Å². The molecule has 124 valence electrons. The van der Waals surface area contributed by atoms with Crippen molar-refractivity contribution in [2.75, 3.05) is 5.32 Å². The van der Waals surface area contributed by atoms with Gasteiger partial charge < -0.3 is 5.32 Å². The standard InChI is InChI=1S/C19H18N6/c1-3-13-8-4-5-9-14(13)17-21-16-11-7-6-10-15(16)18(22-17)23-19-20-12(2)24-25-19/h4-11H,3H2,1-2H3,(H2,20,21,22,23,24,25). The van der Waals surface area contributed by atoms with Crippen LogP contribution in [0.25, 0.3) is 22.3 Å². The summed E-state index contributed by atoms with van der Waals surface area (Å²) in [4.78, 5) is 13.8. The third-order valence-corrected chi connectivity index (χ3v) is 4.07. The van der Waals surface area contributed by atoms with Crippen molar-refractivity contribution in [3.63, 3.8) is 0 Å². The monoisotopic (exact) mass is 330 g/mol. The predicted molar refractivity (Wildman–Crippen MR) is 98.8 cm³/mol. The highest BCUT2D eigenvalue weighted by Crippen LogP contribution is 2.28. The van der Waals surface area contributed by atoms with Crippen LogP contribution in [0.5, 0.6) is 0 Å². The number of aryl methyl sites for hydroxylation is 2. The summed E-state index contributed by atoms with van der Waals surface area (Å²) >= 11 is 0. The normalized spacial score (nSPS) is 11.0. The summed E-state index contributed by atoms with van der Waals surface area (Å²) in [7, 11) is 0. The molecule has 2 heterocycles. The molecule has 4 aromatic rings. The Labute approximate surface area is 145 Å². The van der Waals surface area contributed by atoms with Crippen LogP contribution < -0.4 is 5.32 Å². The summed E-state index contributed by atoms with van der Waals surface area (Å²) in [5.41, 5.74) is 3.15. The predicted octanol–water partition coefficient (Wildman–Crippen LogP) is 4.03. The van der Waals surface area contributed by atoms with E-state index in [2.05, 4.69) is 39.6 Å². The molecule has 0 amide bonds. The van der Waals surface area contributed by atoms with Gasteiger partial charge in [-0.3, -0.25) is 5.10 Å². The van der Waals surface area contributed by atoms with Gasteiger partial charge in [0.15, 0.2) is 5.82 Å². The van der Waals surface area contributed by atoms with Crippen LogP contribution in [0.15, 0.2) is 48.5 Å². The number of benzene rings is 2. The number of fused-ring (bicyclic) bond motifs is 1. The fourth-order valence-corrected chi connectivity index (χ4v) is 2.84. The van der Waals surface area contributed by atoms with Crippen molar-refractivity contribution in [3.8, 4) is 11.4 Å². The van der Waals surface area contributed by atoms with Gasteiger partial charge in [-0.05, 0) is 31.0 Å². The lowest BCUT2D eigenvalue weighted by atomic mass is 10.0. The van der Waals surface area contributed by atoms with Gasteiger partial charge in [0.25, 0.3) is 0 Å². The Kier molecular flexibility index (Phi) is 3.85. The lowest BCUT2D eigenvalue weighted by molar-refractivity contribution is 1.04. The first-order chi connectivity index (χ1) is 12.2. The smallest absolute Gasteiger partial charge is 0.247 e. The van der Waals surface area contributed by atoms with Crippen LogP contribution in [0.2, 0.25) is 0 Å². The zero-order valence-corrected chi connectivity index (χ0v) is 14.1. The molecule has 0 atom stereocenters. The van der Waals surface area contributed by atoms with Crippen molar-refractivity contribution in [2.45, 2.75) is 20.3 Å². The number of hydrogen-bond acceptors (Lipinski definition) is 5. The van der Waals surface area contributed by atoms with Gasteiger partial charge in [0.1, 0.15) is 11.6 Å². The molecule has 2 N–H and O–H groups in total. The van der Waals surface area contributed by atoms with E-state index < -0.39 is 0 Å². The van der Waals surface area contributed by atoms with Gasteiger partial charge in [-0.25, -0.2) is 9.97 Å². The summed E-state index contributed by atoms with van der Waals surface area (Å²) < 4.78 is 0. The van der Waals surface area contributed by atoms with Gasteiger partial charge in [0.05, 0.1) is 5.52 Å². The van der Waals surface area contributed by atoms with Crippen LogP contribution in [0.3, 0.4) is 0 Å². The minimum Gasteiger partial charge on any atom is -0.307 e. The summed E-state index contributed by atoms with van der Waals surface area (Å²) in [6, 6.07) is 16.2. The molecule has 6 heteroatoms. The molecule has 2 aromatic carbocycles. The quantitative estimate of drug-likeness (QED) is 0.590. The van der Waals surface area contributed by atoms with Crippen molar-refractivity contribution < 1.29 is 0 Å². The molecular weight excluding hydrogens is 312 g/mol. The van der Waals surface area contributed by atoms with Crippen molar-refractivity contribution >= 4 is 22.7 Å².